The maximum Gasteiger partial charge on any atom is 0.340 e. The zero-order valence-electron chi connectivity index (χ0n) is 21.5. The van der Waals surface area contributed by atoms with Gasteiger partial charge in [-0.15, -0.1) is 0 Å². The van der Waals surface area contributed by atoms with Gasteiger partial charge in [-0.25, -0.2) is 28.8 Å². The van der Waals surface area contributed by atoms with Gasteiger partial charge in [0.2, 0.25) is 0 Å². The monoisotopic (exact) mass is 510 g/mol. The fraction of sp³-hybridized carbons (Fsp3) is 0.500. The summed E-state index contributed by atoms with van der Waals surface area (Å²) in [5.41, 5.74) is -11.3. The largest absolute Gasteiger partial charge is 0.478 e. The smallest absolute Gasteiger partial charge is 0.340 e. The minimum Gasteiger partial charge on any atom is -0.478 e. The lowest BCUT2D eigenvalue weighted by molar-refractivity contribution is -0.000462. The molecule has 198 valence electrons. The van der Waals surface area contributed by atoms with Gasteiger partial charge in [-0.1, -0.05) is 0 Å². The number of rotatable bonds is 6. The molecule has 0 atom stereocenters. The summed E-state index contributed by atoms with van der Waals surface area (Å²) in [6.07, 6.45) is 0. The van der Waals surface area contributed by atoms with Crippen molar-refractivity contribution >= 4 is 35.8 Å². The summed E-state index contributed by atoms with van der Waals surface area (Å²) in [4.78, 5) is 76.3. The number of benzene rings is 1. The second-order valence-electron chi connectivity index (χ2n) is 10.7. The summed E-state index contributed by atoms with van der Waals surface area (Å²) < 4.78 is 15.7. The topological polar surface area (TPSA) is 191 Å². The molecule has 36 heavy (non-hydrogen) atoms. The molecule has 0 spiro atoms. The summed E-state index contributed by atoms with van der Waals surface area (Å²) in [6, 6.07) is 0. The van der Waals surface area contributed by atoms with E-state index in [2.05, 4.69) is 0 Å². The van der Waals surface area contributed by atoms with Crippen molar-refractivity contribution in [2.75, 3.05) is 0 Å². The molecule has 0 saturated carbocycles. The maximum atomic E-state index is 13.3. The highest BCUT2D eigenvalue weighted by Crippen LogP contribution is 2.34. The average molecular weight is 510 g/mol. The number of hydrogen-bond acceptors (Lipinski definition) is 9. The Kier molecular flexibility index (Phi) is 8.32. The average Bonchev–Trinajstić information content (AvgIpc) is 2.60. The van der Waals surface area contributed by atoms with Crippen LogP contribution in [0.2, 0.25) is 0 Å². The third kappa shape index (κ3) is 7.27. The number of ether oxygens (including phenoxy) is 3. The lowest BCUT2D eigenvalue weighted by Gasteiger charge is -2.27. The molecule has 12 nitrogen and oxygen atoms in total. The molecule has 0 radical (unpaired) electrons. The fourth-order valence-electron chi connectivity index (χ4n) is 2.99. The molecule has 0 amide bonds. The van der Waals surface area contributed by atoms with Crippen LogP contribution in [0.3, 0.4) is 0 Å². The Balaban J connectivity index is 4.55. The van der Waals surface area contributed by atoms with E-state index in [1.54, 1.807) is 0 Å². The van der Waals surface area contributed by atoms with E-state index < -0.39 is 86.0 Å². The van der Waals surface area contributed by atoms with Crippen molar-refractivity contribution in [3.8, 4) is 0 Å². The molecule has 0 aliphatic carbocycles. The molecule has 12 heteroatoms. The van der Waals surface area contributed by atoms with E-state index in [0.717, 1.165) is 0 Å². The van der Waals surface area contributed by atoms with E-state index >= 15 is 0 Å². The van der Waals surface area contributed by atoms with Gasteiger partial charge >= 0.3 is 35.8 Å². The zero-order chi connectivity index (χ0) is 28.5. The predicted octanol–water partition coefficient (Wildman–Crippen LogP) is 3.65. The first-order valence-electron chi connectivity index (χ1n) is 10.6. The summed E-state index contributed by atoms with van der Waals surface area (Å²) in [7, 11) is 0. The van der Waals surface area contributed by atoms with Crippen LogP contribution in [0.4, 0.5) is 0 Å². The van der Waals surface area contributed by atoms with Gasteiger partial charge in [-0.2, -0.15) is 0 Å². The minimum absolute atomic E-state index is 1.10. The second-order valence-corrected chi connectivity index (χ2v) is 10.7. The van der Waals surface area contributed by atoms with Crippen molar-refractivity contribution in [2.24, 2.45) is 0 Å². The molecule has 0 aromatic heterocycles. The molecule has 0 saturated heterocycles. The van der Waals surface area contributed by atoms with Gasteiger partial charge in [0.15, 0.2) is 0 Å². The summed E-state index contributed by atoms with van der Waals surface area (Å²) in [5.74, 6) is -10.7. The number of esters is 3. The van der Waals surface area contributed by atoms with Gasteiger partial charge in [-0.3, -0.25) is 0 Å². The van der Waals surface area contributed by atoms with Crippen molar-refractivity contribution in [3.63, 3.8) is 0 Å². The van der Waals surface area contributed by atoms with E-state index in [1.165, 1.54) is 62.3 Å². The van der Waals surface area contributed by atoms with E-state index in [4.69, 9.17) is 14.2 Å². The van der Waals surface area contributed by atoms with E-state index in [9.17, 15) is 44.1 Å². The fourth-order valence-corrected chi connectivity index (χ4v) is 2.99. The molecule has 0 heterocycles. The number of aromatic carboxylic acids is 3. The Morgan fingerprint density at radius 2 is 0.583 bits per heavy atom. The molecule has 0 aliphatic heterocycles. The van der Waals surface area contributed by atoms with Crippen molar-refractivity contribution in [1.29, 1.82) is 0 Å². The summed E-state index contributed by atoms with van der Waals surface area (Å²) >= 11 is 0. The number of carbonyl (C=O) groups is 6. The highest BCUT2D eigenvalue weighted by Gasteiger charge is 2.43. The van der Waals surface area contributed by atoms with E-state index in [-0.39, 0.29) is 0 Å². The third-order valence-electron chi connectivity index (χ3n) is 3.95. The van der Waals surface area contributed by atoms with Crippen LogP contribution in [0, 0.1) is 0 Å². The minimum atomic E-state index is -2.09. The molecular formula is C24H30O12. The quantitative estimate of drug-likeness (QED) is 0.372. The molecule has 0 unspecified atom stereocenters. The molecule has 0 aliphatic rings. The molecule has 3 N–H and O–H groups in total. The van der Waals surface area contributed by atoms with Gasteiger partial charge in [-0.05, 0) is 62.3 Å². The first kappa shape index (κ1) is 30.1. The highest BCUT2D eigenvalue weighted by molar-refractivity contribution is 6.23. The van der Waals surface area contributed by atoms with Crippen molar-refractivity contribution in [3.05, 3.63) is 33.4 Å². The Hall–Kier alpha value is -3.96. The standard InChI is InChI=1S/C24H30O12/c1-22(2,3)34-19(31)13-11(17(27)28)10(16(25)26)12(18(29)30)14(20(32)35-23(4,5)6)15(13)21(33)36-24(7,8)9/h1-9H3,(H,25,26)(H,27,28)(H,29,30). The third-order valence-corrected chi connectivity index (χ3v) is 3.95. The van der Waals surface area contributed by atoms with Crippen LogP contribution in [0.15, 0.2) is 0 Å². The Bertz CT molecular complexity index is 1070. The van der Waals surface area contributed by atoms with Crippen LogP contribution >= 0.6 is 0 Å². The molecule has 1 aromatic carbocycles. The van der Waals surface area contributed by atoms with Crippen LogP contribution in [-0.4, -0.2) is 67.9 Å². The first-order valence-corrected chi connectivity index (χ1v) is 10.6. The molecular weight excluding hydrogens is 480 g/mol. The zero-order valence-corrected chi connectivity index (χ0v) is 21.5. The van der Waals surface area contributed by atoms with Gasteiger partial charge in [0, 0.05) is 0 Å². The van der Waals surface area contributed by atoms with Crippen LogP contribution < -0.4 is 0 Å². The molecule has 0 bridgehead atoms. The van der Waals surface area contributed by atoms with Crippen LogP contribution in [0.1, 0.15) is 124 Å². The molecule has 1 aromatic rings. The number of carbonyl (C=O) groups excluding carboxylic acids is 3. The summed E-state index contributed by atoms with van der Waals surface area (Å²) in [5, 5.41) is 29.5. The predicted molar refractivity (Wildman–Crippen MR) is 123 cm³/mol. The molecule has 1 rings (SSSR count). The molecule has 0 fully saturated rings. The van der Waals surface area contributed by atoms with Gasteiger partial charge < -0.3 is 29.5 Å². The number of carboxylic acids is 3. The van der Waals surface area contributed by atoms with E-state index in [0.29, 0.717) is 0 Å². The van der Waals surface area contributed by atoms with Gasteiger partial charge in [0.25, 0.3) is 0 Å². The highest BCUT2D eigenvalue weighted by atomic mass is 16.6. The van der Waals surface area contributed by atoms with Gasteiger partial charge in [0.05, 0.1) is 33.4 Å². The Morgan fingerprint density at radius 3 is 0.750 bits per heavy atom. The lowest BCUT2D eigenvalue weighted by Crippen LogP contribution is -2.35. The van der Waals surface area contributed by atoms with Crippen molar-refractivity contribution in [2.45, 2.75) is 79.1 Å². The van der Waals surface area contributed by atoms with Gasteiger partial charge in [0.1, 0.15) is 16.8 Å². The van der Waals surface area contributed by atoms with Crippen molar-refractivity contribution < 1.29 is 58.3 Å². The first-order chi connectivity index (χ1) is 16.0. The van der Waals surface area contributed by atoms with Crippen LogP contribution in [-0.2, 0) is 14.2 Å². The Labute approximate surface area is 207 Å². The summed E-state index contributed by atoms with van der Waals surface area (Å²) in [6.45, 7) is 12.8. The van der Waals surface area contributed by atoms with Crippen LogP contribution in [0.5, 0.6) is 0 Å². The normalized spacial score (nSPS) is 11.9. The number of carboxylic acid groups (broad SMARTS) is 3. The lowest BCUT2D eigenvalue weighted by atomic mass is 9.85. The SMILES string of the molecule is CC(C)(C)OC(=O)c1c(C(=O)O)c(C(=O)O)c(C(=O)O)c(C(=O)OC(C)(C)C)c1C(=O)OC(C)(C)C. The number of hydrogen-bond donors (Lipinski definition) is 3. The van der Waals surface area contributed by atoms with Crippen LogP contribution in [0.25, 0.3) is 0 Å². The van der Waals surface area contributed by atoms with Crippen molar-refractivity contribution in [1.82, 2.24) is 0 Å². The second kappa shape index (κ2) is 9.96. The Morgan fingerprint density at radius 1 is 0.417 bits per heavy atom. The maximum absolute atomic E-state index is 13.3. The van der Waals surface area contributed by atoms with E-state index in [1.807, 2.05) is 0 Å².